The minimum Gasteiger partial charge on any atom is -0.321 e. The first-order valence-corrected chi connectivity index (χ1v) is 7.22. The summed E-state index contributed by atoms with van der Waals surface area (Å²) in [7, 11) is 0. The summed E-state index contributed by atoms with van der Waals surface area (Å²) in [5.41, 5.74) is 6.84. The maximum atomic E-state index is 14.0. The average Bonchev–Trinajstić information content (AvgIpc) is 2.67. The van der Waals surface area contributed by atoms with E-state index in [2.05, 4.69) is 6.92 Å². The van der Waals surface area contributed by atoms with Crippen molar-refractivity contribution < 1.29 is 4.39 Å². The summed E-state index contributed by atoms with van der Waals surface area (Å²) < 4.78 is 14.0. The molecule has 1 unspecified atom stereocenters. The first-order valence-electron chi connectivity index (χ1n) is 7.22. The van der Waals surface area contributed by atoms with Gasteiger partial charge in [0.25, 0.3) is 0 Å². The van der Waals surface area contributed by atoms with Gasteiger partial charge in [0.15, 0.2) is 0 Å². The monoisotopic (exact) mass is 249 g/mol. The first kappa shape index (κ1) is 13.5. The largest absolute Gasteiger partial charge is 0.321 e. The third-order valence-electron chi connectivity index (χ3n) is 4.54. The average molecular weight is 249 g/mol. The Kier molecular flexibility index (Phi) is 4.39. The molecule has 2 N–H and O–H groups in total. The molecule has 1 nitrogen and oxygen atoms in total. The lowest BCUT2D eigenvalue weighted by Gasteiger charge is -2.37. The molecule has 1 saturated carbocycles. The van der Waals surface area contributed by atoms with E-state index in [1.54, 1.807) is 6.07 Å². The molecule has 1 atom stereocenters. The lowest BCUT2D eigenvalue weighted by atomic mass is 9.73. The van der Waals surface area contributed by atoms with Crippen LogP contribution in [0.15, 0.2) is 24.3 Å². The van der Waals surface area contributed by atoms with Gasteiger partial charge in [-0.05, 0) is 31.2 Å². The van der Waals surface area contributed by atoms with E-state index in [1.807, 2.05) is 12.1 Å². The molecule has 0 heterocycles. The molecule has 1 aliphatic carbocycles. The van der Waals surface area contributed by atoms with Gasteiger partial charge in [-0.15, -0.1) is 0 Å². The van der Waals surface area contributed by atoms with E-state index in [9.17, 15) is 4.39 Å². The Hall–Kier alpha value is -0.890. The van der Waals surface area contributed by atoms with E-state index in [0.717, 1.165) is 19.3 Å². The topological polar surface area (TPSA) is 26.0 Å². The van der Waals surface area contributed by atoms with Crippen LogP contribution in [0.3, 0.4) is 0 Å². The SMILES string of the molecule is CCC(N)(c1ccccc1F)C1CCCCCC1. The summed E-state index contributed by atoms with van der Waals surface area (Å²) in [6.07, 6.45) is 8.15. The van der Waals surface area contributed by atoms with E-state index in [4.69, 9.17) is 5.73 Å². The van der Waals surface area contributed by atoms with Gasteiger partial charge in [-0.3, -0.25) is 0 Å². The molecule has 0 amide bonds. The third kappa shape index (κ3) is 2.59. The van der Waals surface area contributed by atoms with Crippen LogP contribution in [-0.2, 0) is 5.54 Å². The fourth-order valence-electron chi connectivity index (χ4n) is 3.33. The predicted octanol–water partition coefficient (Wildman–Crippen LogP) is 4.36. The minimum atomic E-state index is -0.490. The number of nitrogens with two attached hydrogens (primary N) is 1. The second-order valence-corrected chi connectivity index (χ2v) is 5.56. The Morgan fingerprint density at radius 3 is 2.33 bits per heavy atom. The molecule has 18 heavy (non-hydrogen) atoms. The molecule has 1 aromatic rings. The fourth-order valence-corrected chi connectivity index (χ4v) is 3.33. The molecule has 0 radical (unpaired) electrons. The summed E-state index contributed by atoms with van der Waals surface area (Å²) >= 11 is 0. The van der Waals surface area contributed by atoms with E-state index < -0.39 is 5.54 Å². The minimum absolute atomic E-state index is 0.147. The molecular formula is C16H24FN. The molecule has 0 aromatic heterocycles. The van der Waals surface area contributed by atoms with Gasteiger partial charge >= 0.3 is 0 Å². The smallest absolute Gasteiger partial charge is 0.128 e. The first-order chi connectivity index (χ1) is 8.68. The van der Waals surface area contributed by atoms with Gasteiger partial charge in [-0.25, -0.2) is 4.39 Å². The summed E-state index contributed by atoms with van der Waals surface area (Å²) in [4.78, 5) is 0. The standard InChI is InChI=1S/C16H24FN/c1-2-16(18,13-9-5-3-4-6-10-13)14-11-7-8-12-15(14)17/h7-8,11-13H,2-6,9-10,18H2,1H3. The Labute approximate surface area is 110 Å². The molecule has 1 fully saturated rings. The molecule has 0 saturated heterocycles. The normalized spacial score (nSPS) is 21.3. The van der Waals surface area contributed by atoms with Crippen LogP contribution >= 0.6 is 0 Å². The van der Waals surface area contributed by atoms with Crippen LogP contribution in [0.2, 0.25) is 0 Å². The predicted molar refractivity (Wildman–Crippen MR) is 73.7 cm³/mol. The van der Waals surface area contributed by atoms with Crippen LogP contribution in [0.5, 0.6) is 0 Å². The second-order valence-electron chi connectivity index (χ2n) is 5.56. The zero-order valence-corrected chi connectivity index (χ0v) is 11.3. The lowest BCUT2D eigenvalue weighted by Crippen LogP contribution is -2.44. The van der Waals surface area contributed by atoms with Crippen molar-refractivity contribution in [3.05, 3.63) is 35.6 Å². The molecular weight excluding hydrogens is 225 g/mol. The summed E-state index contributed by atoms with van der Waals surface area (Å²) in [6.45, 7) is 2.08. The van der Waals surface area contributed by atoms with E-state index >= 15 is 0 Å². The maximum absolute atomic E-state index is 14.0. The van der Waals surface area contributed by atoms with Crippen LogP contribution in [-0.4, -0.2) is 0 Å². The molecule has 2 heteroatoms. The van der Waals surface area contributed by atoms with Crippen molar-refractivity contribution in [3.8, 4) is 0 Å². The highest BCUT2D eigenvalue weighted by Crippen LogP contribution is 2.39. The van der Waals surface area contributed by atoms with Crippen molar-refractivity contribution in [2.24, 2.45) is 11.7 Å². The van der Waals surface area contributed by atoms with E-state index in [0.29, 0.717) is 11.5 Å². The van der Waals surface area contributed by atoms with Crippen molar-refractivity contribution in [1.82, 2.24) is 0 Å². The summed E-state index contributed by atoms with van der Waals surface area (Å²) in [5.74, 6) is 0.271. The Morgan fingerprint density at radius 1 is 1.17 bits per heavy atom. The lowest BCUT2D eigenvalue weighted by molar-refractivity contribution is 0.230. The van der Waals surface area contributed by atoms with Gasteiger partial charge in [0.1, 0.15) is 5.82 Å². The number of rotatable bonds is 3. The van der Waals surface area contributed by atoms with Gasteiger partial charge < -0.3 is 5.73 Å². The molecule has 0 spiro atoms. The van der Waals surface area contributed by atoms with Crippen LogP contribution in [0.25, 0.3) is 0 Å². The van der Waals surface area contributed by atoms with E-state index in [1.165, 1.54) is 31.7 Å². The highest BCUT2D eigenvalue weighted by molar-refractivity contribution is 5.27. The van der Waals surface area contributed by atoms with Crippen molar-refractivity contribution >= 4 is 0 Å². The third-order valence-corrected chi connectivity index (χ3v) is 4.54. The molecule has 0 bridgehead atoms. The Morgan fingerprint density at radius 2 is 1.78 bits per heavy atom. The van der Waals surface area contributed by atoms with Crippen LogP contribution in [0, 0.1) is 11.7 Å². The number of benzene rings is 1. The van der Waals surface area contributed by atoms with Crippen molar-refractivity contribution in [3.63, 3.8) is 0 Å². The summed E-state index contributed by atoms with van der Waals surface area (Å²) in [5, 5.41) is 0. The van der Waals surface area contributed by atoms with Crippen molar-refractivity contribution in [1.29, 1.82) is 0 Å². The van der Waals surface area contributed by atoms with Gasteiger partial charge in [-0.2, -0.15) is 0 Å². The quantitative estimate of drug-likeness (QED) is 0.791. The van der Waals surface area contributed by atoms with E-state index in [-0.39, 0.29) is 5.82 Å². The zero-order chi connectivity index (χ0) is 13.0. The highest BCUT2D eigenvalue weighted by atomic mass is 19.1. The highest BCUT2D eigenvalue weighted by Gasteiger charge is 2.36. The van der Waals surface area contributed by atoms with Crippen LogP contribution in [0.1, 0.15) is 57.4 Å². The summed E-state index contributed by atoms with van der Waals surface area (Å²) in [6, 6.07) is 7.03. The zero-order valence-electron chi connectivity index (χ0n) is 11.3. The van der Waals surface area contributed by atoms with Gasteiger partial charge in [0.2, 0.25) is 0 Å². The number of halogens is 1. The van der Waals surface area contributed by atoms with Crippen LogP contribution in [0.4, 0.5) is 4.39 Å². The fraction of sp³-hybridized carbons (Fsp3) is 0.625. The van der Waals surface area contributed by atoms with Crippen LogP contribution < -0.4 is 5.73 Å². The van der Waals surface area contributed by atoms with Crippen molar-refractivity contribution in [2.75, 3.05) is 0 Å². The Balaban J connectivity index is 2.31. The van der Waals surface area contributed by atoms with Gasteiger partial charge in [0, 0.05) is 11.1 Å². The molecule has 1 aromatic carbocycles. The maximum Gasteiger partial charge on any atom is 0.128 e. The molecule has 100 valence electrons. The van der Waals surface area contributed by atoms with Gasteiger partial charge in [-0.1, -0.05) is 50.8 Å². The van der Waals surface area contributed by atoms with Gasteiger partial charge in [0.05, 0.1) is 0 Å². The molecule has 0 aliphatic heterocycles. The second kappa shape index (κ2) is 5.83. The molecule has 2 rings (SSSR count). The van der Waals surface area contributed by atoms with Crippen molar-refractivity contribution in [2.45, 2.75) is 57.4 Å². The number of hydrogen-bond acceptors (Lipinski definition) is 1. The Bertz CT molecular complexity index is 382. The number of hydrogen-bond donors (Lipinski definition) is 1. The molecule has 1 aliphatic rings.